The summed E-state index contributed by atoms with van der Waals surface area (Å²) in [4.78, 5) is 24.0. The summed E-state index contributed by atoms with van der Waals surface area (Å²) in [5.74, 6) is 5.79. The van der Waals surface area contributed by atoms with Crippen molar-refractivity contribution in [3.05, 3.63) is 84.1 Å². The second kappa shape index (κ2) is 11.8. The predicted octanol–water partition coefficient (Wildman–Crippen LogP) is 2.78. The topological polar surface area (TPSA) is 126 Å². The minimum Gasteiger partial charge on any atom is -0.507 e. The van der Waals surface area contributed by atoms with Crippen molar-refractivity contribution in [1.82, 2.24) is 4.98 Å². The van der Waals surface area contributed by atoms with Gasteiger partial charge in [-0.05, 0) is 36.4 Å². The third-order valence-corrected chi connectivity index (χ3v) is 2.94. The second-order valence-corrected chi connectivity index (χ2v) is 4.71. The first-order valence-electron chi connectivity index (χ1n) is 7.46. The number of rotatable bonds is 3. The second-order valence-electron chi connectivity index (χ2n) is 4.71. The number of aromatic nitrogens is 1. The van der Waals surface area contributed by atoms with E-state index in [4.69, 9.17) is 16.1 Å². The molecule has 0 amide bonds. The van der Waals surface area contributed by atoms with Crippen LogP contribution in [0.4, 0.5) is 5.82 Å². The van der Waals surface area contributed by atoms with Gasteiger partial charge in [0.05, 0.1) is 11.1 Å². The third kappa shape index (κ3) is 7.24. The Balaban J connectivity index is 0.000000195. The van der Waals surface area contributed by atoms with Crippen molar-refractivity contribution < 1.29 is 19.8 Å². The molecule has 0 aliphatic carbocycles. The van der Waals surface area contributed by atoms with E-state index in [9.17, 15) is 9.59 Å². The zero-order valence-corrected chi connectivity index (χ0v) is 13.8. The Morgan fingerprint density at radius 2 is 1.23 bits per heavy atom. The maximum absolute atomic E-state index is 10.1. The molecule has 7 nitrogen and oxygen atoms in total. The quantitative estimate of drug-likeness (QED) is 0.324. The van der Waals surface area contributed by atoms with Gasteiger partial charge in [0.1, 0.15) is 17.3 Å². The first kappa shape index (κ1) is 20.3. The number of para-hydroxylation sites is 2. The van der Waals surface area contributed by atoms with E-state index in [1.54, 1.807) is 48.7 Å². The van der Waals surface area contributed by atoms with Crippen LogP contribution in [0.3, 0.4) is 0 Å². The number of carbonyl (C=O) groups excluding carboxylic acids is 2. The summed E-state index contributed by atoms with van der Waals surface area (Å²) in [6.45, 7) is 0. The Morgan fingerprint density at radius 3 is 1.50 bits per heavy atom. The van der Waals surface area contributed by atoms with Gasteiger partial charge in [0.15, 0.2) is 12.6 Å². The lowest BCUT2D eigenvalue weighted by atomic mass is 10.2. The lowest BCUT2D eigenvalue weighted by Gasteiger charge is -1.92. The number of nitrogen functional groups attached to an aromatic ring is 1. The normalized spacial score (nSPS) is 8.81. The van der Waals surface area contributed by atoms with Crippen LogP contribution in [0.1, 0.15) is 20.7 Å². The molecule has 0 saturated carbocycles. The van der Waals surface area contributed by atoms with Crippen molar-refractivity contribution in [2.24, 2.45) is 5.84 Å². The van der Waals surface area contributed by atoms with Gasteiger partial charge < -0.3 is 15.6 Å². The van der Waals surface area contributed by atoms with E-state index >= 15 is 0 Å². The number of benzene rings is 2. The molecular formula is C19H19N3O4. The largest absolute Gasteiger partial charge is 0.507 e. The van der Waals surface area contributed by atoms with Gasteiger partial charge in [-0.3, -0.25) is 9.59 Å². The summed E-state index contributed by atoms with van der Waals surface area (Å²) in [5.41, 5.74) is 3.08. The van der Waals surface area contributed by atoms with Crippen LogP contribution in [0.5, 0.6) is 11.5 Å². The standard InChI is InChI=1S/2C7H6O2.C5H7N3/c2*8-5-6-3-1-2-4-7(6)9;6-8-5-3-1-2-4-7-5/h2*1-5,9H;1-4H,6H2,(H,7,8). The molecule has 0 saturated heterocycles. The minimum atomic E-state index is 0.0347. The maximum atomic E-state index is 10.1. The molecule has 0 atom stereocenters. The molecule has 0 radical (unpaired) electrons. The van der Waals surface area contributed by atoms with Crippen molar-refractivity contribution in [1.29, 1.82) is 0 Å². The van der Waals surface area contributed by atoms with E-state index in [1.807, 2.05) is 12.1 Å². The van der Waals surface area contributed by atoms with Crippen molar-refractivity contribution >= 4 is 18.4 Å². The average molecular weight is 353 g/mol. The van der Waals surface area contributed by atoms with Crippen molar-refractivity contribution in [2.75, 3.05) is 5.43 Å². The minimum absolute atomic E-state index is 0.0347. The van der Waals surface area contributed by atoms with Crippen LogP contribution in [0.25, 0.3) is 0 Å². The van der Waals surface area contributed by atoms with E-state index in [1.165, 1.54) is 12.1 Å². The number of carbonyl (C=O) groups is 2. The maximum Gasteiger partial charge on any atom is 0.153 e. The zero-order chi connectivity index (χ0) is 19.2. The first-order valence-corrected chi connectivity index (χ1v) is 7.46. The SMILES string of the molecule is NNc1ccccn1.O=Cc1ccccc1O.O=Cc1ccccc1O. The predicted molar refractivity (Wildman–Crippen MR) is 99.0 cm³/mol. The summed E-state index contributed by atoms with van der Waals surface area (Å²) < 4.78 is 0. The van der Waals surface area contributed by atoms with Crippen LogP contribution >= 0.6 is 0 Å². The molecule has 134 valence electrons. The molecule has 0 unspecified atom stereocenters. The number of nitrogens with two attached hydrogens (primary N) is 1. The number of pyridine rings is 1. The number of phenols is 2. The van der Waals surface area contributed by atoms with E-state index < -0.39 is 0 Å². The van der Waals surface area contributed by atoms with Gasteiger partial charge in [0.25, 0.3) is 0 Å². The van der Waals surface area contributed by atoms with Crippen LogP contribution in [-0.2, 0) is 0 Å². The zero-order valence-electron chi connectivity index (χ0n) is 13.8. The van der Waals surface area contributed by atoms with Gasteiger partial charge in [-0.2, -0.15) is 0 Å². The molecule has 1 aromatic heterocycles. The van der Waals surface area contributed by atoms with Crippen molar-refractivity contribution in [3.63, 3.8) is 0 Å². The fraction of sp³-hybridized carbons (Fsp3) is 0. The molecule has 2 aromatic carbocycles. The summed E-state index contributed by atoms with van der Waals surface area (Å²) in [7, 11) is 0. The fourth-order valence-electron chi connectivity index (χ4n) is 1.62. The summed E-state index contributed by atoms with van der Waals surface area (Å²) in [6.07, 6.45) is 2.92. The van der Waals surface area contributed by atoms with Gasteiger partial charge >= 0.3 is 0 Å². The first-order chi connectivity index (χ1) is 12.6. The number of hydrazine groups is 1. The number of phenolic OH excluding ortho intramolecular Hbond substituents is 2. The monoisotopic (exact) mass is 353 g/mol. The van der Waals surface area contributed by atoms with Crippen LogP contribution in [0, 0.1) is 0 Å². The van der Waals surface area contributed by atoms with E-state index in [0.717, 1.165) is 0 Å². The number of nitrogens with zero attached hydrogens (tertiary/aromatic N) is 1. The molecule has 0 aliphatic heterocycles. The van der Waals surface area contributed by atoms with E-state index in [-0.39, 0.29) is 11.5 Å². The molecular weight excluding hydrogens is 334 g/mol. The fourth-order valence-corrected chi connectivity index (χ4v) is 1.62. The number of anilines is 1. The highest BCUT2D eigenvalue weighted by Crippen LogP contribution is 2.12. The lowest BCUT2D eigenvalue weighted by Crippen LogP contribution is -2.07. The molecule has 1 heterocycles. The van der Waals surface area contributed by atoms with E-state index in [2.05, 4.69) is 10.4 Å². The van der Waals surface area contributed by atoms with Crippen LogP contribution in [-0.4, -0.2) is 27.8 Å². The molecule has 5 N–H and O–H groups in total. The molecule has 26 heavy (non-hydrogen) atoms. The highest BCUT2D eigenvalue weighted by Gasteiger charge is 1.94. The Morgan fingerprint density at radius 1 is 0.769 bits per heavy atom. The van der Waals surface area contributed by atoms with Gasteiger partial charge in [0, 0.05) is 6.20 Å². The molecule has 3 aromatic rings. The third-order valence-electron chi connectivity index (χ3n) is 2.94. The summed E-state index contributed by atoms with van der Waals surface area (Å²) >= 11 is 0. The molecule has 0 aliphatic rings. The van der Waals surface area contributed by atoms with Crippen LogP contribution in [0.15, 0.2) is 72.9 Å². The molecule has 7 heteroatoms. The highest BCUT2D eigenvalue weighted by molar-refractivity contribution is 5.79. The Hall–Kier alpha value is -3.71. The molecule has 0 fully saturated rings. The summed E-state index contributed by atoms with van der Waals surface area (Å²) in [6, 6.07) is 18.3. The number of hydrogen-bond donors (Lipinski definition) is 4. The Labute approximate surface area is 150 Å². The molecule has 0 spiro atoms. The number of aldehydes is 2. The highest BCUT2D eigenvalue weighted by atomic mass is 16.3. The van der Waals surface area contributed by atoms with Crippen molar-refractivity contribution in [2.45, 2.75) is 0 Å². The Bertz CT molecular complexity index is 761. The molecule has 0 bridgehead atoms. The van der Waals surface area contributed by atoms with Gasteiger partial charge in [-0.15, -0.1) is 0 Å². The number of aromatic hydroxyl groups is 2. The lowest BCUT2D eigenvalue weighted by molar-refractivity contribution is 0.111. The Kier molecular flexibility index (Phi) is 9.20. The smallest absolute Gasteiger partial charge is 0.153 e. The van der Waals surface area contributed by atoms with E-state index in [0.29, 0.717) is 29.5 Å². The van der Waals surface area contributed by atoms with Gasteiger partial charge in [0.2, 0.25) is 0 Å². The summed E-state index contributed by atoms with van der Waals surface area (Å²) in [5, 5.41) is 17.8. The van der Waals surface area contributed by atoms with Gasteiger partial charge in [-0.25, -0.2) is 10.8 Å². The van der Waals surface area contributed by atoms with Crippen molar-refractivity contribution in [3.8, 4) is 11.5 Å². The number of hydrogen-bond acceptors (Lipinski definition) is 7. The van der Waals surface area contributed by atoms with Crippen LogP contribution < -0.4 is 11.3 Å². The van der Waals surface area contributed by atoms with Crippen LogP contribution in [0.2, 0.25) is 0 Å². The van der Waals surface area contributed by atoms with Gasteiger partial charge in [-0.1, -0.05) is 30.3 Å². The molecule has 3 rings (SSSR count). The average Bonchev–Trinajstić information content (AvgIpc) is 2.70. The number of nitrogens with one attached hydrogen (secondary N) is 1.